The van der Waals surface area contributed by atoms with Crippen LogP contribution in [0.1, 0.15) is 17.5 Å². The molecule has 3 rings (SSSR count). The number of furan rings is 1. The second-order valence-electron chi connectivity index (χ2n) is 4.00. The van der Waals surface area contributed by atoms with E-state index in [2.05, 4.69) is 17.1 Å². The normalized spacial score (nSPS) is 10.9. The first-order valence-electron chi connectivity index (χ1n) is 5.59. The highest BCUT2D eigenvalue weighted by Gasteiger charge is 2.08. The molecular weight excluding hydrogens is 246 g/mol. The van der Waals surface area contributed by atoms with E-state index in [1.54, 1.807) is 6.07 Å². The van der Waals surface area contributed by atoms with Crippen LogP contribution in [0.5, 0.6) is 0 Å². The summed E-state index contributed by atoms with van der Waals surface area (Å²) in [4.78, 5) is 14.4. The van der Waals surface area contributed by atoms with E-state index in [1.807, 2.05) is 24.3 Å². The van der Waals surface area contributed by atoms with E-state index in [0.717, 1.165) is 10.5 Å². The van der Waals surface area contributed by atoms with E-state index in [-0.39, 0.29) is 5.78 Å². The Morgan fingerprint density at radius 1 is 1.22 bits per heavy atom. The SMILES string of the molecule is CC(=O)c1ccc(Sc2cc3ccccc3[nH]2)o1. The van der Waals surface area contributed by atoms with Gasteiger partial charge in [0.15, 0.2) is 16.6 Å². The molecule has 0 bridgehead atoms. The summed E-state index contributed by atoms with van der Waals surface area (Å²) >= 11 is 1.48. The maximum absolute atomic E-state index is 11.1. The van der Waals surface area contributed by atoms with Gasteiger partial charge < -0.3 is 9.40 Å². The molecule has 2 aromatic heterocycles. The zero-order valence-electron chi connectivity index (χ0n) is 9.77. The zero-order valence-corrected chi connectivity index (χ0v) is 10.6. The van der Waals surface area contributed by atoms with Crippen molar-refractivity contribution in [1.82, 2.24) is 4.98 Å². The number of ketones is 1. The van der Waals surface area contributed by atoms with Crippen LogP contribution in [0.15, 0.2) is 57.0 Å². The second-order valence-corrected chi connectivity index (χ2v) is 5.04. The smallest absolute Gasteiger partial charge is 0.194 e. The van der Waals surface area contributed by atoms with Crippen LogP contribution in [-0.2, 0) is 0 Å². The van der Waals surface area contributed by atoms with Crippen molar-refractivity contribution in [2.75, 3.05) is 0 Å². The monoisotopic (exact) mass is 257 g/mol. The molecule has 2 heterocycles. The predicted molar refractivity (Wildman–Crippen MR) is 71.1 cm³/mol. The number of aromatic nitrogens is 1. The Morgan fingerprint density at radius 3 is 2.78 bits per heavy atom. The minimum Gasteiger partial charge on any atom is -0.446 e. The third-order valence-electron chi connectivity index (χ3n) is 2.64. The fourth-order valence-corrected chi connectivity index (χ4v) is 2.61. The largest absolute Gasteiger partial charge is 0.446 e. The fourth-order valence-electron chi connectivity index (χ4n) is 1.77. The van der Waals surface area contributed by atoms with Gasteiger partial charge in [-0.3, -0.25) is 4.79 Å². The van der Waals surface area contributed by atoms with Crippen LogP contribution in [0.4, 0.5) is 0 Å². The van der Waals surface area contributed by atoms with E-state index in [9.17, 15) is 4.79 Å². The molecule has 0 aliphatic carbocycles. The standard InChI is InChI=1S/C14H11NO2S/c1-9(16)12-6-7-14(17-12)18-13-8-10-4-2-3-5-11(10)15-13/h2-8,15H,1H3. The van der Waals surface area contributed by atoms with Gasteiger partial charge in [0.2, 0.25) is 0 Å². The number of aromatic amines is 1. The fraction of sp³-hybridized carbons (Fsp3) is 0.0714. The summed E-state index contributed by atoms with van der Waals surface area (Å²) in [5.74, 6) is 0.340. The van der Waals surface area contributed by atoms with Crippen LogP contribution in [0.3, 0.4) is 0 Å². The zero-order chi connectivity index (χ0) is 12.5. The van der Waals surface area contributed by atoms with Gasteiger partial charge in [-0.05, 0) is 36.0 Å². The topological polar surface area (TPSA) is 46.0 Å². The van der Waals surface area contributed by atoms with Gasteiger partial charge in [0.05, 0.1) is 5.03 Å². The number of H-pyrrole nitrogens is 1. The molecule has 0 spiro atoms. The number of carbonyl (C=O) groups excluding carboxylic acids is 1. The minimum absolute atomic E-state index is 0.0569. The Morgan fingerprint density at radius 2 is 2.06 bits per heavy atom. The first-order valence-corrected chi connectivity index (χ1v) is 6.40. The molecule has 4 heteroatoms. The van der Waals surface area contributed by atoms with Crippen molar-refractivity contribution in [2.24, 2.45) is 0 Å². The highest BCUT2D eigenvalue weighted by Crippen LogP contribution is 2.31. The van der Waals surface area contributed by atoms with Gasteiger partial charge in [-0.15, -0.1) is 0 Å². The molecule has 3 nitrogen and oxygen atoms in total. The van der Waals surface area contributed by atoms with Crippen molar-refractivity contribution in [2.45, 2.75) is 17.0 Å². The lowest BCUT2D eigenvalue weighted by Crippen LogP contribution is -1.85. The van der Waals surface area contributed by atoms with Gasteiger partial charge in [0.1, 0.15) is 0 Å². The lowest BCUT2D eigenvalue weighted by molar-refractivity contribution is 0.0982. The third kappa shape index (κ3) is 2.07. The first kappa shape index (κ1) is 11.2. The summed E-state index contributed by atoms with van der Waals surface area (Å²) in [6.45, 7) is 1.50. The van der Waals surface area contributed by atoms with Crippen molar-refractivity contribution in [3.05, 3.63) is 48.2 Å². The number of benzene rings is 1. The van der Waals surface area contributed by atoms with Crippen LogP contribution in [-0.4, -0.2) is 10.8 Å². The van der Waals surface area contributed by atoms with Crippen LogP contribution >= 0.6 is 11.8 Å². The number of hydrogen-bond donors (Lipinski definition) is 1. The van der Waals surface area contributed by atoms with Gasteiger partial charge in [-0.2, -0.15) is 0 Å². The Labute approximate surface area is 108 Å². The highest BCUT2D eigenvalue weighted by molar-refractivity contribution is 7.99. The minimum atomic E-state index is -0.0569. The lowest BCUT2D eigenvalue weighted by atomic mass is 10.3. The summed E-state index contributed by atoms with van der Waals surface area (Å²) in [5, 5.41) is 2.88. The summed E-state index contributed by atoms with van der Waals surface area (Å²) in [5.41, 5.74) is 1.10. The van der Waals surface area contributed by atoms with Crippen molar-refractivity contribution < 1.29 is 9.21 Å². The molecule has 0 saturated heterocycles. The van der Waals surface area contributed by atoms with Crippen molar-refractivity contribution in [3.63, 3.8) is 0 Å². The van der Waals surface area contributed by atoms with Gasteiger partial charge in [-0.1, -0.05) is 18.2 Å². The molecule has 0 amide bonds. The summed E-state index contributed by atoms with van der Waals surface area (Å²) in [7, 11) is 0. The molecule has 0 radical (unpaired) electrons. The van der Waals surface area contributed by atoms with Gasteiger partial charge >= 0.3 is 0 Å². The van der Waals surface area contributed by atoms with Gasteiger partial charge in [0, 0.05) is 17.8 Å². The Hall–Kier alpha value is -1.94. The number of nitrogens with one attached hydrogen (secondary N) is 1. The Kier molecular flexibility index (Phi) is 2.72. The molecule has 1 N–H and O–H groups in total. The Bertz CT molecular complexity index is 678. The third-order valence-corrected chi connectivity index (χ3v) is 3.50. The van der Waals surface area contributed by atoms with Crippen molar-refractivity contribution >= 4 is 28.4 Å². The molecule has 0 aliphatic rings. The average Bonchev–Trinajstić information content (AvgIpc) is 2.94. The van der Waals surface area contributed by atoms with Crippen molar-refractivity contribution in [1.29, 1.82) is 0 Å². The summed E-state index contributed by atoms with van der Waals surface area (Å²) < 4.78 is 5.44. The number of carbonyl (C=O) groups is 1. The molecule has 0 aliphatic heterocycles. The number of fused-ring (bicyclic) bond motifs is 1. The van der Waals surface area contributed by atoms with Gasteiger partial charge in [0.25, 0.3) is 0 Å². The lowest BCUT2D eigenvalue weighted by Gasteiger charge is -1.92. The highest BCUT2D eigenvalue weighted by atomic mass is 32.2. The number of rotatable bonds is 3. The predicted octanol–water partition coefficient (Wildman–Crippen LogP) is 4.11. The van der Waals surface area contributed by atoms with E-state index >= 15 is 0 Å². The molecule has 0 fully saturated rings. The molecular formula is C14H11NO2S. The summed E-state index contributed by atoms with van der Waals surface area (Å²) in [6.07, 6.45) is 0. The molecule has 0 saturated carbocycles. The average molecular weight is 257 g/mol. The van der Waals surface area contributed by atoms with Crippen LogP contribution in [0.25, 0.3) is 10.9 Å². The van der Waals surface area contributed by atoms with E-state index in [1.165, 1.54) is 24.1 Å². The first-order chi connectivity index (χ1) is 8.72. The van der Waals surface area contributed by atoms with Gasteiger partial charge in [-0.25, -0.2) is 0 Å². The molecule has 0 atom stereocenters. The number of para-hydroxylation sites is 1. The molecule has 0 unspecified atom stereocenters. The molecule has 18 heavy (non-hydrogen) atoms. The van der Waals surface area contributed by atoms with Crippen LogP contribution in [0, 0.1) is 0 Å². The van der Waals surface area contributed by atoms with E-state index in [0.29, 0.717) is 10.9 Å². The quantitative estimate of drug-likeness (QED) is 0.718. The van der Waals surface area contributed by atoms with Crippen LogP contribution in [0.2, 0.25) is 0 Å². The second kappa shape index (κ2) is 4.38. The molecule has 3 aromatic rings. The maximum Gasteiger partial charge on any atom is 0.194 e. The maximum atomic E-state index is 11.1. The molecule has 1 aromatic carbocycles. The Balaban J connectivity index is 1.88. The number of Topliss-reactive ketones (excluding diaryl/α,β-unsaturated/α-hetero) is 1. The molecule has 90 valence electrons. The summed E-state index contributed by atoms with van der Waals surface area (Å²) in [6, 6.07) is 13.7. The van der Waals surface area contributed by atoms with E-state index in [4.69, 9.17) is 4.42 Å². The van der Waals surface area contributed by atoms with Crippen molar-refractivity contribution in [3.8, 4) is 0 Å². The van der Waals surface area contributed by atoms with E-state index < -0.39 is 0 Å². The van der Waals surface area contributed by atoms with Crippen LogP contribution < -0.4 is 0 Å². The number of hydrogen-bond acceptors (Lipinski definition) is 3.